The molecule has 1 unspecified atom stereocenters. The van der Waals surface area contributed by atoms with Crippen molar-refractivity contribution >= 4 is 29.2 Å². The molecule has 0 aromatic carbocycles. The van der Waals surface area contributed by atoms with Crippen molar-refractivity contribution in [1.82, 2.24) is 34.9 Å². The van der Waals surface area contributed by atoms with E-state index in [1.165, 1.54) is 19.3 Å². The van der Waals surface area contributed by atoms with E-state index in [0.29, 0.717) is 5.82 Å². The van der Waals surface area contributed by atoms with Crippen molar-refractivity contribution in [2.75, 3.05) is 20.1 Å². The fraction of sp³-hybridized carbons (Fsp3) is 0.667. The third kappa shape index (κ3) is 9.33. The number of carboxylic acids is 2. The van der Waals surface area contributed by atoms with Gasteiger partial charge in [0.2, 0.25) is 5.82 Å². The minimum absolute atomic E-state index is 0.0203. The van der Waals surface area contributed by atoms with Crippen molar-refractivity contribution < 1.29 is 50.9 Å². The number of rotatable bonds is 4. The van der Waals surface area contributed by atoms with Crippen molar-refractivity contribution in [1.29, 1.82) is 0 Å². The van der Waals surface area contributed by atoms with Gasteiger partial charge in [0.15, 0.2) is 0 Å². The van der Waals surface area contributed by atoms with Gasteiger partial charge in [-0.3, -0.25) is 14.6 Å². The van der Waals surface area contributed by atoms with Crippen LogP contribution in [0.2, 0.25) is 0 Å². The van der Waals surface area contributed by atoms with Crippen LogP contribution in [0.1, 0.15) is 60.0 Å². The number of likely N-dealkylation sites (N-methyl/N-ethyl adjacent to an activating group) is 1. The molecular formula is C24H31F6N7O5S. The standard InChI is InChI=1S/C20H29N7OS.2C2HF3O2/c1-25-11-16-23-24-18(19(28)22-15-5-3-2-4-6-15)27(16)14-20(25)7-9-26(13-20)12-17-21-8-10-29-17;2*3-2(4,5)1(6)7/h8,10,15H,2-7,9,11-14H2,1H3,(H,22,28);2*(H,6,7). The summed E-state index contributed by atoms with van der Waals surface area (Å²) in [4.78, 5) is 40.1. The Morgan fingerprint density at radius 3 is 2.16 bits per heavy atom. The molecule has 240 valence electrons. The Kier molecular flexibility index (Phi) is 11.1. The van der Waals surface area contributed by atoms with Gasteiger partial charge in [-0.25, -0.2) is 14.6 Å². The molecule has 4 heterocycles. The second-order valence-corrected chi connectivity index (χ2v) is 11.4. The molecule has 1 amide bonds. The molecule has 3 N–H and O–H groups in total. The first kappa shape index (κ1) is 34.2. The maximum atomic E-state index is 12.9. The summed E-state index contributed by atoms with van der Waals surface area (Å²) < 4.78 is 65.5. The van der Waals surface area contributed by atoms with Gasteiger partial charge in [-0.2, -0.15) is 26.3 Å². The number of nitrogens with zero attached hydrogens (tertiary/aromatic N) is 6. The molecule has 0 bridgehead atoms. The normalized spacial score (nSPS) is 21.3. The number of likely N-dealkylation sites (tertiary alicyclic amines) is 1. The molecule has 1 saturated carbocycles. The van der Waals surface area contributed by atoms with Gasteiger partial charge in [-0.15, -0.1) is 21.5 Å². The molecule has 1 atom stereocenters. The number of halogens is 6. The van der Waals surface area contributed by atoms with Gasteiger partial charge >= 0.3 is 24.3 Å². The molecular weight excluding hydrogens is 612 g/mol. The second kappa shape index (κ2) is 14.0. The summed E-state index contributed by atoms with van der Waals surface area (Å²) in [5.41, 5.74) is 0.0203. The molecule has 1 aliphatic carbocycles. The van der Waals surface area contributed by atoms with Gasteiger partial charge < -0.3 is 20.1 Å². The number of thiazole rings is 1. The van der Waals surface area contributed by atoms with Crippen molar-refractivity contribution in [2.45, 2.75) is 82.1 Å². The highest BCUT2D eigenvalue weighted by atomic mass is 32.1. The van der Waals surface area contributed by atoms with Crippen molar-refractivity contribution in [2.24, 2.45) is 0 Å². The smallest absolute Gasteiger partial charge is 0.475 e. The number of alkyl halides is 6. The van der Waals surface area contributed by atoms with E-state index in [1.807, 2.05) is 11.6 Å². The van der Waals surface area contributed by atoms with Crippen molar-refractivity contribution in [3.05, 3.63) is 28.2 Å². The highest BCUT2D eigenvalue weighted by Gasteiger charge is 2.46. The lowest BCUT2D eigenvalue weighted by Gasteiger charge is -2.42. The molecule has 5 rings (SSSR count). The summed E-state index contributed by atoms with van der Waals surface area (Å²) in [5, 5.41) is 29.3. The van der Waals surface area contributed by atoms with Gasteiger partial charge in [-0.1, -0.05) is 19.3 Å². The first-order chi connectivity index (χ1) is 20.0. The summed E-state index contributed by atoms with van der Waals surface area (Å²) in [7, 11) is 2.17. The number of aliphatic carboxylic acids is 2. The number of aromatic nitrogens is 4. The number of amides is 1. The molecule has 2 aromatic heterocycles. The lowest BCUT2D eigenvalue weighted by molar-refractivity contribution is -0.193. The summed E-state index contributed by atoms with van der Waals surface area (Å²) in [6, 6.07) is 0.282. The zero-order chi connectivity index (χ0) is 32.0. The number of carbonyl (C=O) groups is 3. The molecule has 3 aliphatic rings. The second-order valence-electron chi connectivity index (χ2n) is 10.4. The predicted octanol–water partition coefficient (Wildman–Crippen LogP) is 3.15. The van der Waals surface area contributed by atoms with Crippen LogP contribution in [0.15, 0.2) is 11.6 Å². The van der Waals surface area contributed by atoms with Crippen LogP contribution in [0.3, 0.4) is 0 Å². The van der Waals surface area contributed by atoms with E-state index in [2.05, 4.69) is 41.9 Å². The molecule has 43 heavy (non-hydrogen) atoms. The number of fused-ring (bicyclic) bond motifs is 1. The van der Waals surface area contributed by atoms with Gasteiger partial charge in [0, 0.05) is 37.3 Å². The van der Waals surface area contributed by atoms with Crippen LogP contribution in [0.5, 0.6) is 0 Å². The first-order valence-corrected chi connectivity index (χ1v) is 14.0. The van der Waals surface area contributed by atoms with Crippen molar-refractivity contribution in [3.8, 4) is 0 Å². The van der Waals surface area contributed by atoms with Gasteiger partial charge in [0.05, 0.1) is 18.6 Å². The Morgan fingerprint density at radius 1 is 1.02 bits per heavy atom. The van der Waals surface area contributed by atoms with Crippen LogP contribution in [0.25, 0.3) is 0 Å². The lowest BCUT2D eigenvalue weighted by atomic mass is 9.94. The SMILES string of the molecule is CN1Cc2nnc(C(=O)NC3CCCCC3)n2CC12CCN(Cc1nccs1)C2.O=C(O)C(F)(F)F.O=C(O)C(F)(F)F. The van der Waals surface area contributed by atoms with E-state index in [1.54, 1.807) is 11.3 Å². The monoisotopic (exact) mass is 643 g/mol. The quantitative estimate of drug-likeness (QED) is 0.424. The highest BCUT2D eigenvalue weighted by molar-refractivity contribution is 7.09. The minimum atomic E-state index is -5.08. The van der Waals surface area contributed by atoms with Gasteiger partial charge in [0.1, 0.15) is 10.8 Å². The van der Waals surface area contributed by atoms with E-state index in [9.17, 15) is 31.1 Å². The maximum absolute atomic E-state index is 12.9. The molecule has 1 spiro atoms. The summed E-state index contributed by atoms with van der Waals surface area (Å²) >= 11 is 1.71. The molecule has 2 fully saturated rings. The number of hydrogen-bond acceptors (Lipinski definition) is 9. The number of carboxylic acid groups (broad SMARTS) is 2. The van der Waals surface area contributed by atoms with Crippen LogP contribution in [-0.4, -0.2) is 102 Å². The predicted molar refractivity (Wildman–Crippen MR) is 138 cm³/mol. The van der Waals surface area contributed by atoms with Gasteiger partial charge in [0.25, 0.3) is 5.91 Å². The number of hydrogen-bond donors (Lipinski definition) is 3. The lowest BCUT2D eigenvalue weighted by Crippen LogP contribution is -2.55. The molecule has 12 nitrogen and oxygen atoms in total. The summed E-state index contributed by atoms with van der Waals surface area (Å²) in [6.07, 6.45) is -1.39. The average Bonchev–Trinajstić information content (AvgIpc) is 3.66. The van der Waals surface area contributed by atoms with Gasteiger partial charge in [-0.05, 0) is 26.3 Å². The fourth-order valence-corrected chi connectivity index (χ4v) is 5.77. The number of nitrogens with one attached hydrogen (secondary N) is 1. The third-order valence-electron chi connectivity index (χ3n) is 7.35. The summed E-state index contributed by atoms with van der Waals surface area (Å²) in [6.45, 7) is 4.43. The Hall–Kier alpha value is -3.32. The van der Waals surface area contributed by atoms with E-state index < -0.39 is 24.3 Å². The van der Waals surface area contributed by atoms with Crippen molar-refractivity contribution in [3.63, 3.8) is 0 Å². The van der Waals surface area contributed by atoms with Crippen LogP contribution in [-0.2, 0) is 29.2 Å². The zero-order valence-electron chi connectivity index (χ0n) is 23.0. The highest BCUT2D eigenvalue weighted by Crippen LogP contribution is 2.35. The van der Waals surface area contributed by atoms with Crippen LogP contribution >= 0.6 is 11.3 Å². The average molecular weight is 644 g/mol. The molecule has 1 saturated heterocycles. The third-order valence-corrected chi connectivity index (χ3v) is 8.11. The van der Waals surface area contributed by atoms with E-state index >= 15 is 0 Å². The van der Waals surface area contributed by atoms with E-state index in [0.717, 1.165) is 62.8 Å². The molecule has 2 aromatic rings. The largest absolute Gasteiger partial charge is 0.490 e. The number of carbonyl (C=O) groups excluding carboxylic acids is 1. The summed E-state index contributed by atoms with van der Waals surface area (Å²) in [5.74, 6) is -4.20. The molecule has 2 aliphatic heterocycles. The van der Waals surface area contributed by atoms with Crippen LogP contribution in [0, 0.1) is 0 Å². The van der Waals surface area contributed by atoms with E-state index in [4.69, 9.17) is 19.8 Å². The van der Waals surface area contributed by atoms with E-state index in [-0.39, 0.29) is 17.5 Å². The molecule has 0 radical (unpaired) electrons. The fourth-order valence-electron chi connectivity index (χ4n) is 5.12. The Balaban J connectivity index is 0.000000303. The molecule has 19 heteroatoms. The zero-order valence-corrected chi connectivity index (χ0v) is 23.8. The van der Waals surface area contributed by atoms with Crippen LogP contribution < -0.4 is 5.32 Å². The topological polar surface area (TPSA) is 154 Å². The first-order valence-electron chi connectivity index (χ1n) is 13.2. The maximum Gasteiger partial charge on any atom is 0.490 e. The Bertz CT molecular complexity index is 1230. The Morgan fingerprint density at radius 2 is 1.63 bits per heavy atom. The van der Waals surface area contributed by atoms with Crippen LogP contribution in [0.4, 0.5) is 26.3 Å². The Labute approximate surface area is 245 Å². The minimum Gasteiger partial charge on any atom is -0.475 e.